The fourth-order valence-electron chi connectivity index (χ4n) is 2.72. The quantitative estimate of drug-likeness (QED) is 0.742. The van der Waals surface area contributed by atoms with E-state index in [2.05, 4.69) is 14.9 Å². The zero-order chi connectivity index (χ0) is 17.8. The maximum absolute atomic E-state index is 12.0. The lowest BCUT2D eigenvalue weighted by atomic mass is 10.3. The molecule has 2 aromatic heterocycles. The summed E-state index contributed by atoms with van der Waals surface area (Å²) in [6, 6.07) is 11.1. The molecule has 1 N–H and O–H groups in total. The number of furan rings is 1. The van der Waals surface area contributed by atoms with Gasteiger partial charge < -0.3 is 19.2 Å². The summed E-state index contributed by atoms with van der Waals surface area (Å²) in [5.74, 6) is 0.581. The first-order valence-electron chi connectivity index (χ1n) is 8.04. The van der Waals surface area contributed by atoms with Crippen molar-refractivity contribution in [3.8, 4) is 0 Å². The first-order chi connectivity index (χ1) is 12.1. The van der Waals surface area contributed by atoms with Crippen molar-refractivity contribution < 1.29 is 14.0 Å². The molecule has 0 aliphatic rings. The number of carbonyl (C=O) groups is 2. The lowest BCUT2D eigenvalue weighted by molar-refractivity contribution is -0.121. The fraction of sp³-hybridized carbons (Fsp3) is 0.278. The number of rotatable bonds is 6. The molecule has 0 radical (unpaired) electrons. The smallest absolute Gasteiger partial charge is 0.289 e. The zero-order valence-electron chi connectivity index (χ0n) is 14.2. The highest BCUT2D eigenvalue weighted by Crippen LogP contribution is 2.14. The fourth-order valence-corrected chi connectivity index (χ4v) is 2.72. The second-order valence-corrected chi connectivity index (χ2v) is 5.79. The molecule has 0 saturated carbocycles. The van der Waals surface area contributed by atoms with E-state index in [1.165, 1.54) is 11.2 Å². The van der Waals surface area contributed by atoms with Crippen molar-refractivity contribution in [2.45, 2.75) is 13.5 Å². The van der Waals surface area contributed by atoms with Crippen LogP contribution < -0.4 is 5.32 Å². The normalized spacial score (nSPS) is 10.8. The Morgan fingerprint density at radius 3 is 2.80 bits per heavy atom. The van der Waals surface area contributed by atoms with E-state index >= 15 is 0 Å². The Kier molecular flexibility index (Phi) is 4.83. The van der Waals surface area contributed by atoms with Crippen molar-refractivity contribution in [3.63, 3.8) is 0 Å². The third-order valence-electron chi connectivity index (χ3n) is 3.96. The number of aryl methyl sites for hydroxylation is 1. The Morgan fingerprint density at radius 1 is 1.24 bits per heavy atom. The van der Waals surface area contributed by atoms with Crippen LogP contribution in [-0.2, 0) is 11.3 Å². The number of nitrogens with zero attached hydrogens (tertiary/aromatic N) is 3. The number of amides is 2. The summed E-state index contributed by atoms with van der Waals surface area (Å²) in [5.41, 5.74) is 1.98. The molecule has 3 aromatic rings. The van der Waals surface area contributed by atoms with Gasteiger partial charge >= 0.3 is 0 Å². The lowest BCUT2D eigenvalue weighted by Gasteiger charge is -2.15. The average molecular weight is 340 g/mol. The van der Waals surface area contributed by atoms with Crippen LogP contribution in [0.25, 0.3) is 11.0 Å². The summed E-state index contributed by atoms with van der Waals surface area (Å²) in [5, 5.41) is 2.83. The number of benzene rings is 1. The molecule has 130 valence electrons. The Balaban J connectivity index is 1.52. The van der Waals surface area contributed by atoms with Crippen LogP contribution in [-0.4, -0.2) is 46.4 Å². The molecule has 25 heavy (non-hydrogen) atoms. The number of para-hydroxylation sites is 2. The topological polar surface area (TPSA) is 80.4 Å². The van der Waals surface area contributed by atoms with Crippen LogP contribution in [0.4, 0.5) is 0 Å². The van der Waals surface area contributed by atoms with Crippen LogP contribution in [0.3, 0.4) is 0 Å². The minimum Gasteiger partial charge on any atom is -0.459 e. The molecule has 3 rings (SSSR count). The third kappa shape index (κ3) is 3.71. The molecule has 0 unspecified atom stereocenters. The monoisotopic (exact) mass is 340 g/mol. The molecule has 0 atom stereocenters. The molecule has 0 fully saturated rings. The molecule has 1 aromatic carbocycles. The largest absolute Gasteiger partial charge is 0.459 e. The van der Waals surface area contributed by atoms with E-state index in [1.54, 1.807) is 19.2 Å². The number of hydrogen-bond acceptors (Lipinski definition) is 4. The Labute approximate surface area is 145 Å². The zero-order valence-corrected chi connectivity index (χ0v) is 14.2. The molecule has 0 bridgehead atoms. The highest BCUT2D eigenvalue weighted by Gasteiger charge is 2.17. The molecule has 0 spiro atoms. The first kappa shape index (κ1) is 16.8. The second kappa shape index (κ2) is 7.21. The van der Waals surface area contributed by atoms with Gasteiger partial charge in [0.15, 0.2) is 5.76 Å². The highest BCUT2D eigenvalue weighted by molar-refractivity contribution is 5.94. The molecule has 0 aliphatic heterocycles. The lowest BCUT2D eigenvalue weighted by Crippen LogP contribution is -2.39. The molecule has 7 nitrogen and oxygen atoms in total. The molecule has 7 heteroatoms. The summed E-state index contributed by atoms with van der Waals surface area (Å²) in [4.78, 5) is 29.9. The Morgan fingerprint density at radius 2 is 2.04 bits per heavy atom. The van der Waals surface area contributed by atoms with Crippen LogP contribution in [0.1, 0.15) is 16.4 Å². The number of nitrogens with one attached hydrogen (secondary N) is 1. The minimum absolute atomic E-state index is 0.0246. The van der Waals surface area contributed by atoms with Crippen LogP contribution in [0.2, 0.25) is 0 Å². The molecular weight excluding hydrogens is 320 g/mol. The van der Waals surface area contributed by atoms with Gasteiger partial charge in [0.1, 0.15) is 5.82 Å². The van der Waals surface area contributed by atoms with Gasteiger partial charge in [-0.1, -0.05) is 12.1 Å². The maximum Gasteiger partial charge on any atom is 0.289 e. The Hall–Kier alpha value is -3.09. The number of likely N-dealkylation sites (N-methyl/N-ethyl adjacent to an activating group) is 1. The SMILES string of the molecule is Cc1nc2ccccc2n1CCNC(=O)CN(C)C(=O)c1ccco1. The van der Waals surface area contributed by atoms with E-state index in [9.17, 15) is 9.59 Å². The predicted molar refractivity (Wildman–Crippen MR) is 93.1 cm³/mol. The van der Waals surface area contributed by atoms with Gasteiger partial charge in [0.05, 0.1) is 23.8 Å². The van der Waals surface area contributed by atoms with Crippen molar-refractivity contribution in [1.29, 1.82) is 0 Å². The summed E-state index contributed by atoms with van der Waals surface area (Å²) >= 11 is 0. The molecule has 0 aliphatic carbocycles. The number of aromatic nitrogens is 2. The van der Waals surface area contributed by atoms with Crippen molar-refractivity contribution in [2.24, 2.45) is 0 Å². The van der Waals surface area contributed by atoms with Gasteiger partial charge in [0.2, 0.25) is 5.91 Å². The standard InChI is InChI=1S/C18H20N4O3/c1-13-20-14-6-3-4-7-15(14)22(13)10-9-19-17(23)12-21(2)18(24)16-8-5-11-25-16/h3-8,11H,9-10,12H2,1-2H3,(H,19,23). The van der Waals surface area contributed by atoms with Gasteiger partial charge in [-0.2, -0.15) is 0 Å². The van der Waals surface area contributed by atoms with Crippen LogP contribution >= 0.6 is 0 Å². The van der Waals surface area contributed by atoms with E-state index in [0.717, 1.165) is 16.9 Å². The summed E-state index contributed by atoms with van der Waals surface area (Å²) in [7, 11) is 1.57. The second-order valence-electron chi connectivity index (χ2n) is 5.79. The van der Waals surface area contributed by atoms with Gasteiger partial charge in [0.25, 0.3) is 5.91 Å². The van der Waals surface area contributed by atoms with E-state index in [4.69, 9.17) is 4.42 Å². The van der Waals surface area contributed by atoms with Gasteiger partial charge in [-0.05, 0) is 31.2 Å². The van der Waals surface area contributed by atoms with E-state index in [-0.39, 0.29) is 24.1 Å². The minimum atomic E-state index is -0.323. The summed E-state index contributed by atoms with van der Waals surface area (Å²) in [6.07, 6.45) is 1.43. The van der Waals surface area contributed by atoms with Gasteiger partial charge in [-0.25, -0.2) is 4.98 Å². The molecule has 2 heterocycles. The van der Waals surface area contributed by atoms with E-state index in [1.807, 2.05) is 31.2 Å². The molecule has 0 saturated heterocycles. The van der Waals surface area contributed by atoms with Crippen LogP contribution in [0.5, 0.6) is 0 Å². The third-order valence-corrected chi connectivity index (χ3v) is 3.96. The van der Waals surface area contributed by atoms with E-state index in [0.29, 0.717) is 13.1 Å². The van der Waals surface area contributed by atoms with Crippen LogP contribution in [0, 0.1) is 6.92 Å². The van der Waals surface area contributed by atoms with Crippen LogP contribution in [0.15, 0.2) is 47.1 Å². The van der Waals surface area contributed by atoms with Crippen molar-refractivity contribution in [3.05, 3.63) is 54.2 Å². The van der Waals surface area contributed by atoms with Gasteiger partial charge in [-0.15, -0.1) is 0 Å². The average Bonchev–Trinajstić information content (AvgIpc) is 3.22. The summed E-state index contributed by atoms with van der Waals surface area (Å²) < 4.78 is 7.11. The van der Waals surface area contributed by atoms with Gasteiger partial charge in [-0.3, -0.25) is 9.59 Å². The molecular formula is C18H20N4O3. The number of hydrogen-bond donors (Lipinski definition) is 1. The highest BCUT2D eigenvalue weighted by atomic mass is 16.3. The predicted octanol–water partition coefficient (Wildman–Crippen LogP) is 1.83. The Bertz CT molecular complexity index is 883. The first-order valence-corrected chi connectivity index (χ1v) is 8.04. The number of fused-ring (bicyclic) bond motifs is 1. The van der Waals surface area contributed by atoms with Gasteiger partial charge in [0, 0.05) is 20.1 Å². The number of carbonyl (C=O) groups excluding carboxylic acids is 2. The molecule has 2 amide bonds. The van der Waals surface area contributed by atoms with Crippen molar-refractivity contribution in [1.82, 2.24) is 19.8 Å². The number of imidazole rings is 1. The maximum atomic E-state index is 12.0. The van der Waals surface area contributed by atoms with E-state index < -0.39 is 0 Å². The van der Waals surface area contributed by atoms with Crippen molar-refractivity contribution >= 4 is 22.8 Å². The summed E-state index contributed by atoms with van der Waals surface area (Å²) in [6.45, 7) is 3.00. The van der Waals surface area contributed by atoms with Crippen molar-refractivity contribution in [2.75, 3.05) is 20.1 Å².